The van der Waals surface area contributed by atoms with E-state index in [1.807, 2.05) is 6.92 Å². The number of carboxylic acids is 1. The number of carboxylic acid groups (broad SMARTS) is 1. The summed E-state index contributed by atoms with van der Waals surface area (Å²) in [4.78, 5) is 12.0. The highest BCUT2D eigenvalue weighted by Gasteiger charge is 2.41. The maximum atomic E-state index is 11.2. The predicted octanol–water partition coefficient (Wildman–Crippen LogP) is 3.94. The van der Waals surface area contributed by atoms with Crippen LogP contribution in [0.5, 0.6) is 0 Å². The van der Waals surface area contributed by atoms with Gasteiger partial charge in [-0.2, -0.15) is 0 Å². The maximum Gasteiger partial charge on any atom is 0.306 e. The lowest BCUT2D eigenvalue weighted by Crippen LogP contribution is -2.23. The third kappa shape index (κ3) is 2.74. The fraction of sp³-hybridized carbons (Fsp3) is 0.583. The molecule has 1 aliphatic rings. The first-order valence-electron chi connectivity index (χ1n) is 5.75. The molecule has 0 radical (unpaired) electrons. The number of thiophene rings is 1. The van der Waals surface area contributed by atoms with Crippen molar-refractivity contribution in [2.24, 2.45) is 17.8 Å². The number of halogens is 2. The molecule has 2 N–H and O–H groups in total. The third-order valence-corrected chi connectivity index (χ3v) is 6.07. The average Bonchev–Trinajstić information content (AvgIpc) is 2.82. The van der Waals surface area contributed by atoms with Gasteiger partial charge in [0.1, 0.15) is 4.34 Å². The van der Waals surface area contributed by atoms with Crippen molar-refractivity contribution in [1.82, 2.24) is 0 Å². The summed E-state index contributed by atoms with van der Waals surface area (Å²) >= 11 is 10.6. The second-order valence-corrected chi connectivity index (χ2v) is 7.44. The molecule has 0 bridgehead atoms. The van der Waals surface area contributed by atoms with Crippen LogP contribution in [-0.4, -0.2) is 16.2 Å². The van der Waals surface area contributed by atoms with Gasteiger partial charge in [0.25, 0.3) is 0 Å². The molecule has 18 heavy (non-hydrogen) atoms. The van der Waals surface area contributed by atoms with Crippen molar-refractivity contribution in [2.75, 3.05) is 0 Å². The van der Waals surface area contributed by atoms with Crippen LogP contribution in [0.2, 0.25) is 4.34 Å². The molecule has 0 amide bonds. The Bertz CT molecular complexity index is 443. The van der Waals surface area contributed by atoms with Crippen molar-refractivity contribution in [3.05, 3.63) is 19.8 Å². The first kappa shape index (κ1) is 14.3. The Kier molecular flexibility index (Phi) is 4.36. The standard InChI is InChI=1S/C12H14BrClO3S/c1-5-2-6(7(3-5)12(16)17)10(15)9-4-8(13)11(14)18-9/h4-7,10,15H,2-3H2,1H3,(H,16,17). The van der Waals surface area contributed by atoms with Crippen molar-refractivity contribution >= 4 is 44.8 Å². The highest BCUT2D eigenvalue weighted by molar-refractivity contribution is 9.10. The molecule has 3 nitrogen and oxygen atoms in total. The van der Waals surface area contributed by atoms with Gasteiger partial charge in [-0.1, -0.05) is 18.5 Å². The third-order valence-electron chi connectivity index (χ3n) is 3.53. The minimum atomic E-state index is -0.815. The summed E-state index contributed by atoms with van der Waals surface area (Å²) < 4.78 is 1.34. The fourth-order valence-electron chi connectivity index (χ4n) is 2.69. The van der Waals surface area contributed by atoms with E-state index >= 15 is 0 Å². The van der Waals surface area contributed by atoms with Gasteiger partial charge in [0.2, 0.25) is 0 Å². The first-order chi connectivity index (χ1) is 8.40. The number of aliphatic hydroxyl groups is 1. The zero-order chi connectivity index (χ0) is 13.4. The number of aliphatic carboxylic acids is 1. The molecule has 1 aliphatic carbocycles. The number of aliphatic hydroxyl groups excluding tert-OH is 1. The molecule has 4 unspecified atom stereocenters. The van der Waals surface area contributed by atoms with Gasteiger partial charge in [0.05, 0.1) is 12.0 Å². The highest BCUT2D eigenvalue weighted by atomic mass is 79.9. The second-order valence-electron chi connectivity index (χ2n) is 4.90. The molecule has 1 fully saturated rings. The van der Waals surface area contributed by atoms with Crippen LogP contribution in [0.25, 0.3) is 0 Å². The highest BCUT2D eigenvalue weighted by Crippen LogP contribution is 2.46. The van der Waals surface area contributed by atoms with Gasteiger partial charge in [-0.25, -0.2) is 0 Å². The van der Waals surface area contributed by atoms with Crippen LogP contribution in [0.3, 0.4) is 0 Å². The molecule has 1 heterocycles. The summed E-state index contributed by atoms with van der Waals surface area (Å²) in [7, 11) is 0. The van der Waals surface area contributed by atoms with Gasteiger partial charge in [-0.15, -0.1) is 11.3 Å². The lowest BCUT2D eigenvalue weighted by molar-refractivity contribution is -0.144. The van der Waals surface area contributed by atoms with Crippen molar-refractivity contribution < 1.29 is 15.0 Å². The van der Waals surface area contributed by atoms with E-state index in [9.17, 15) is 15.0 Å². The second kappa shape index (κ2) is 5.49. The summed E-state index contributed by atoms with van der Waals surface area (Å²) in [6.07, 6.45) is 0.632. The molecular formula is C12H14BrClO3S. The quantitative estimate of drug-likeness (QED) is 0.865. The van der Waals surface area contributed by atoms with E-state index in [2.05, 4.69) is 15.9 Å². The SMILES string of the molecule is CC1CC(C(=O)O)C(C(O)c2cc(Br)c(Cl)s2)C1. The van der Waals surface area contributed by atoms with Gasteiger partial charge >= 0.3 is 5.97 Å². The van der Waals surface area contributed by atoms with Crippen LogP contribution in [0.1, 0.15) is 30.7 Å². The Labute approximate surface area is 123 Å². The topological polar surface area (TPSA) is 57.5 Å². The van der Waals surface area contributed by atoms with Crippen LogP contribution >= 0.6 is 38.9 Å². The maximum absolute atomic E-state index is 11.2. The molecule has 1 aromatic rings. The Morgan fingerprint density at radius 1 is 1.61 bits per heavy atom. The van der Waals surface area contributed by atoms with Gasteiger partial charge in [0.15, 0.2) is 0 Å². The summed E-state index contributed by atoms with van der Waals surface area (Å²) in [5.41, 5.74) is 0. The zero-order valence-corrected chi connectivity index (χ0v) is 12.9. The monoisotopic (exact) mass is 352 g/mol. The van der Waals surface area contributed by atoms with Crippen LogP contribution in [0.4, 0.5) is 0 Å². The number of hydrogen-bond donors (Lipinski definition) is 2. The van der Waals surface area contributed by atoms with Crippen molar-refractivity contribution in [1.29, 1.82) is 0 Å². The normalized spacial score (nSPS) is 29.4. The van der Waals surface area contributed by atoms with E-state index in [-0.39, 0.29) is 5.92 Å². The van der Waals surface area contributed by atoms with Crippen LogP contribution in [-0.2, 0) is 4.79 Å². The molecular weight excluding hydrogens is 340 g/mol. The molecule has 0 aromatic carbocycles. The van der Waals surface area contributed by atoms with Crippen LogP contribution < -0.4 is 0 Å². The summed E-state index contributed by atoms with van der Waals surface area (Å²) in [6, 6.07) is 1.78. The van der Waals surface area contributed by atoms with Gasteiger partial charge in [-0.05, 0) is 40.8 Å². The molecule has 0 aliphatic heterocycles. The van der Waals surface area contributed by atoms with E-state index < -0.39 is 18.0 Å². The van der Waals surface area contributed by atoms with Crippen molar-refractivity contribution in [3.63, 3.8) is 0 Å². The number of rotatable bonds is 3. The first-order valence-corrected chi connectivity index (χ1v) is 7.74. The minimum absolute atomic E-state index is 0.223. The Morgan fingerprint density at radius 2 is 2.28 bits per heavy atom. The summed E-state index contributed by atoms with van der Waals surface area (Å²) in [5.74, 6) is -1.16. The molecule has 100 valence electrons. The Balaban J connectivity index is 2.22. The predicted molar refractivity (Wildman–Crippen MR) is 75.0 cm³/mol. The molecule has 2 rings (SSSR count). The van der Waals surface area contributed by atoms with Crippen LogP contribution in [0, 0.1) is 17.8 Å². The van der Waals surface area contributed by atoms with E-state index in [0.717, 1.165) is 15.8 Å². The molecule has 4 atom stereocenters. The van der Waals surface area contributed by atoms with E-state index in [4.69, 9.17) is 11.6 Å². The molecule has 0 spiro atoms. The van der Waals surface area contributed by atoms with Crippen molar-refractivity contribution in [2.45, 2.75) is 25.9 Å². The average molecular weight is 354 g/mol. The molecule has 1 aromatic heterocycles. The number of hydrogen-bond acceptors (Lipinski definition) is 3. The minimum Gasteiger partial charge on any atom is -0.481 e. The largest absolute Gasteiger partial charge is 0.481 e. The van der Waals surface area contributed by atoms with Crippen molar-refractivity contribution in [3.8, 4) is 0 Å². The summed E-state index contributed by atoms with van der Waals surface area (Å²) in [5, 5.41) is 19.6. The Morgan fingerprint density at radius 3 is 2.78 bits per heavy atom. The van der Waals surface area contributed by atoms with E-state index in [1.54, 1.807) is 6.07 Å². The lowest BCUT2D eigenvalue weighted by atomic mass is 9.90. The smallest absolute Gasteiger partial charge is 0.306 e. The van der Waals surface area contributed by atoms with Crippen LogP contribution in [0.15, 0.2) is 10.5 Å². The summed E-state index contributed by atoms with van der Waals surface area (Å²) in [6.45, 7) is 2.03. The van der Waals surface area contributed by atoms with E-state index in [1.165, 1.54) is 11.3 Å². The van der Waals surface area contributed by atoms with Gasteiger partial charge in [0, 0.05) is 15.3 Å². The van der Waals surface area contributed by atoms with Gasteiger partial charge < -0.3 is 10.2 Å². The fourth-order valence-corrected chi connectivity index (χ4v) is 4.48. The number of carbonyl (C=O) groups is 1. The lowest BCUT2D eigenvalue weighted by Gasteiger charge is -2.21. The Hall–Kier alpha value is -0.100. The molecule has 0 saturated heterocycles. The zero-order valence-electron chi connectivity index (χ0n) is 9.77. The van der Waals surface area contributed by atoms with Gasteiger partial charge in [-0.3, -0.25) is 4.79 Å². The molecule has 1 saturated carbocycles. The van der Waals surface area contributed by atoms with E-state index in [0.29, 0.717) is 16.7 Å². The molecule has 6 heteroatoms.